The molecule has 0 unspecified atom stereocenters. The molecule has 0 atom stereocenters. The number of anilines is 3. The summed E-state index contributed by atoms with van der Waals surface area (Å²) >= 11 is 11.3. The second-order valence-electron chi connectivity index (χ2n) is 7.78. The number of H-pyrrole nitrogens is 1. The van der Waals surface area contributed by atoms with E-state index in [1.165, 1.54) is 24.5 Å². The van der Waals surface area contributed by atoms with Gasteiger partial charge in [0.25, 0.3) is 0 Å². The number of benzene rings is 1. The van der Waals surface area contributed by atoms with Gasteiger partial charge in [-0.2, -0.15) is 5.10 Å². The highest BCUT2D eigenvalue weighted by Crippen LogP contribution is 2.27. The second kappa shape index (κ2) is 13.2. The van der Waals surface area contributed by atoms with E-state index >= 15 is 0 Å². The lowest BCUT2D eigenvalue weighted by Gasteiger charge is -2.21. The predicted molar refractivity (Wildman–Crippen MR) is 139 cm³/mol. The van der Waals surface area contributed by atoms with Crippen molar-refractivity contribution in [2.24, 2.45) is 0 Å². The summed E-state index contributed by atoms with van der Waals surface area (Å²) in [5, 5.41) is 16.2. The molecule has 186 valence electrons. The highest BCUT2D eigenvalue weighted by Gasteiger charge is 2.12. The lowest BCUT2D eigenvalue weighted by atomic mass is 10.1. The van der Waals surface area contributed by atoms with E-state index in [4.69, 9.17) is 23.8 Å². The Bertz CT molecular complexity index is 1210. The molecule has 2 heterocycles. The molecule has 0 saturated heterocycles. The maximum atomic E-state index is 14.3. The van der Waals surface area contributed by atoms with E-state index in [2.05, 4.69) is 47.9 Å². The molecule has 2 aromatic heterocycles. The van der Waals surface area contributed by atoms with Crippen LogP contribution in [0.25, 0.3) is 11.3 Å². The van der Waals surface area contributed by atoms with Crippen molar-refractivity contribution in [1.29, 1.82) is 0 Å². The minimum atomic E-state index is -0.464. The molecule has 0 aliphatic carbocycles. The van der Waals surface area contributed by atoms with Gasteiger partial charge in [-0.3, -0.25) is 9.89 Å². The summed E-state index contributed by atoms with van der Waals surface area (Å²) in [4.78, 5) is 23.0. The van der Waals surface area contributed by atoms with E-state index in [1.807, 2.05) is 7.05 Å². The van der Waals surface area contributed by atoms with Gasteiger partial charge in [0.05, 0.1) is 11.4 Å². The minimum Gasteiger partial charge on any atom is -0.338 e. The number of likely N-dealkylation sites (N-methyl/N-ethyl adjacent to an activating group) is 1. The molecule has 0 spiro atoms. The molecule has 1 aromatic carbocycles. The molecule has 0 saturated carbocycles. The third kappa shape index (κ3) is 8.03. The molecule has 0 aliphatic rings. The Morgan fingerprint density at radius 3 is 2.74 bits per heavy atom. The zero-order chi connectivity index (χ0) is 25.2. The van der Waals surface area contributed by atoms with Crippen LogP contribution in [-0.2, 0) is 4.79 Å². The van der Waals surface area contributed by atoms with Gasteiger partial charge in [-0.25, -0.2) is 14.4 Å². The SMILES string of the molecule is CCCN(CCNC)CCC(=O)Nc1cc(Nc2cc(-c3cc(Cl)ccc3F)n[nH]c2=S)ncn1. The van der Waals surface area contributed by atoms with E-state index in [0.717, 1.165) is 26.1 Å². The molecular weight excluding hydrogens is 491 g/mol. The third-order valence-electron chi connectivity index (χ3n) is 5.08. The van der Waals surface area contributed by atoms with Crippen LogP contribution in [0.4, 0.5) is 21.7 Å². The highest BCUT2D eigenvalue weighted by molar-refractivity contribution is 7.71. The van der Waals surface area contributed by atoms with E-state index in [-0.39, 0.29) is 11.5 Å². The largest absolute Gasteiger partial charge is 0.338 e. The smallest absolute Gasteiger partial charge is 0.226 e. The lowest BCUT2D eigenvalue weighted by Crippen LogP contribution is -2.34. The summed E-state index contributed by atoms with van der Waals surface area (Å²) in [7, 11) is 1.91. The van der Waals surface area contributed by atoms with Gasteiger partial charge in [0.15, 0.2) is 0 Å². The Hall–Kier alpha value is -2.99. The van der Waals surface area contributed by atoms with Crippen molar-refractivity contribution in [1.82, 2.24) is 30.4 Å². The molecule has 4 N–H and O–H groups in total. The normalized spacial score (nSPS) is 11.0. The average Bonchev–Trinajstić information content (AvgIpc) is 2.84. The van der Waals surface area contributed by atoms with E-state index < -0.39 is 5.82 Å². The van der Waals surface area contributed by atoms with Gasteiger partial charge in [-0.05, 0) is 44.3 Å². The fourth-order valence-corrected chi connectivity index (χ4v) is 3.68. The van der Waals surface area contributed by atoms with Crippen molar-refractivity contribution in [3.8, 4) is 11.3 Å². The fraction of sp³-hybridized carbons (Fsp3) is 0.348. The molecule has 1 amide bonds. The predicted octanol–water partition coefficient (Wildman–Crippen LogP) is 4.39. The summed E-state index contributed by atoms with van der Waals surface area (Å²) in [6, 6.07) is 7.42. The molecule has 3 rings (SSSR count). The third-order valence-corrected chi connectivity index (χ3v) is 5.62. The van der Waals surface area contributed by atoms with Crippen LogP contribution in [0, 0.1) is 10.5 Å². The van der Waals surface area contributed by atoms with Crippen molar-refractivity contribution < 1.29 is 9.18 Å². The maximum absolute atomic E-state index is 14.3. The van der Waals surface area contributed by atoms with E-state index in [0.29, 0.717) is 45.6 Å². The minimum absolute atomic E-state index is 0.139. The van der Waals surface area contributed by atoms with Crippen LogP contribution >= 0.6 is 23.8 Å². The monoisotopic (exact) mass is 518 g/mol. The second-order valence-corrected chi connectivity index (χ2v) is 8.62. The van der Waals surface area contributed by atoms with Crippen LogP contribution in [0.2, 0.25) is 5.02 Å². The Balaban J connectivity index is 1.68. The van der Waals surface area contributed by atoms with Gasteiger partial charge in [0.1, 0.15) is 28.4 Å². The number of rotatable bonds is 12. The summed E-state index contributed by atoms with van der Waals surface area (Å²) in [6.07, 6.45) is 2.70. The molecule has 0 bridgehead atoms. The Morgan fingerprint density at radius 2 is 1.97 bits per heavy atom. The lowest BCUT2D eigenvalue weighted by molar-refractivity contribution is -0.116. The fourth-order valence-electron chi connectivity index (χ4n) is 3.35. The Labute approximate surface area is 213 Å². The van der Waals surface area contributed by atoms with Crippen molar-refractivity contribution in [2.45, 2.75) is 19.8 Å². The van der Waals surface area contributed by atoms with Crippen LogP contribution in [0.3, 0.4) is 0 Å². The molecule has 12 heteroatoms. The molecule has 3 aromatic rings. The number of nitrogens with one attached hydrogen (secondary N) is 4. The average molecular weight is 519 g/mol. The van der Waals surface area contributed by atoms with Crippen molar-refractivity contribution in [2.75, 3.05) is 43.9 Å². The van der Waals surface area contributed by atoms with Gasteiger partial charge < -0.3 is 20.9 Å². The standard InChI is InChI=1S/C23H28ClFN8OS/c1-3-8-33(10-7-26-2)9-6-22(34)30-21-13-20(27-14-28-21)29-19-12-18(31-32-23(19)35)16-11-15(24)4-5-17(16)25/h4-5,11-14,26H,3,6-10H2,1-2H3,(H,32,35)(H2,27,28,29,30,31,34). The summed E-state index contributed by atoms with van der Waals surface area (Å²) < 4.78 is 14.6. The van der Waals surface area contributed by atoms with Gasteiger partial charge in [-0.15, -0.1) is 0 Å². The number of carbonyl (C=O) groups excluding carboxylic acids is 1. The Morgan fingerprint density at radius 1 is 1.17 bits per heavy atom. The van der Waals surface area contributed by atoms with Crippen molar-refractivity contribution in [3.05, 3.63) is 52.1 Å². The van der Waals surface area contributed by atoms with Crippen LogP contribution in [0.5, 0.6) is 0 Å². The summed E-state index contributed by atoms with van der Waals surface area (Å²) in [6.45, 7) is 5.46. The van der Waals surface area contributed by atoms with Crippen LogP contribution in [0.15, 0.2) is 36.7 Å². The van der Waals surface area contributed by atoms with Gasteiger partial charge in [0.2, 0.25) is 5.91 Å². The molecule has 0 aliphatic heterocycles. The maximum Gasteiger partial charge on any atom is 0.226 e. The number of carbonyl (C=O) groups is 1. The number of amides is 1. The number of aromatic amines is 1. The van der Waals surface area contributed by atoms with Gasteiger partial charge in [-0.1, -0.05) is 30.7 Å². The highest BCUT2D eigenvalue weighted by atomic mass is 35.5. The van der Waals surface area contributed by atoms with E-state index in [9.17, 15) is 9.18 Å². The molecular formula is C23H28ClFN8OS. The summed E-state index contributed by atoms with van der Waals surface area (Å²) in [5.74, 6) is 0.156. The summed E-state index contributed by atoms with van der Waals surface area (Å²) in [5.41, 5.74) is 1.01. The van der Waals surface area contributed by atoms with Crippen molar-refractivity contribution in [3.63, 3.8) is 0 Å². The number of nitrogens with zero attached hydrogens (tertiary/aromatic N) is 4. The zero-order valence-corrected chi connectivity index (χ0v) is 21.1. The van der Waals surface area contributed by atoms with Crippen molar-refractivity contribution >= 4 is 47.0 Å². The molecule has 9 nitrogen and oxygen atoms in total. The number of hydrogen-bond acceptors (Lipinski definition) is 8. The topological polar surface area (TPSA) is 111 Å². The molecule has 0 radical (unpaired) electrons. The van der Waals surface area contributed by atoms with Crippen LogP contribution in [0.1, 0.15) is 19.8 Å². The molecule has 35 heavy (non-hydrogen) atoms. The number of aromatic nitrogens is 4. The first-order chi connectivity index (χ1) is 16.9. The quantitative estimate of drug-likeness (QED) is 0.261. The zero-order valence-electron chi connectivity index (χ0n) is 19.6. The molecule has 0 fully saturated rings. The van der Waals surface area contributed by atoms with E-state index in [1.54, 1.807) is 12.1 Å². The number of hydrogen-bond donors (Lipinski definition) is 4. The van der Waals surface area contributed by atoms with Gasteiger partial charge >= 0.3 is 0 Å². The van der Waals surface area contributed by atoms with Crippen LogP contribution in [-0.4, -0.2) is 64.2 Å². The first-order valence-electron chi connectivity index (χ1n) is 11.2. The Kier molecular flexibility index (Phi) is 10.0. The van der Waals surface area contributed by atoms with Gasteiger partial charge in [0, 0.05) is 42.7 Å². The number of halogens is 2. The first-order valence-corrected chi connectivity index (χ1v) is 12.0. The first kappa shape index (κ1) is 26.6. The van der Waals surface area contributed by atoms with Crippen LogP contribution < -0.4 is 16.0 Å².